The van der Waals surface area contributed by atoms with Crippen molar-refractivity contribution >= 4 is 34.9 Å². The molecule has 244 valence electrons. The highest BCUT2D eigenvalue weighted by Gasteiger charge is 2.76. The van der Waals surface area contributed by atoms with Gasteiger partial charge in [0.25, 0.3) is 0 Å². The molecule has 0 aromatic heterocycles. The number of aromatic hydroxyl groups is 1. The number of esters is 1. The lowest BCUT2D eigenvalue weighted by atomic mass is 9.40. The van der Waals surface area contributed by atoms with Gasteiger partial charge in [-0.05, 0) is 80.2 Å². The van der Waals surface area contributed by atoms with E-state index in [0.29, 0.717) is 11.1 Å². The lowest BCUT2D eigenvalue weighted by Crippen LogP contribution is -2.76. The number of rotatable bonds is 5. The van der Waals surface area contributed by atoms with Gasteiger partial charge in [0.15, 0.2) is 28.7 Å². The molecule has 5 rings (SSSR count). The van der Waals surface area contributed by atoms with Crippen LogP contribution in [-0.4, -0.2) is 56.3 Å². The molecule has 0 aliphatic heterocycles. The van der Waals surface area contributed by atoms with Crippen LogP contribution in [0.25, 0.3) is 11.1 Å². The van der Waals surface area contributed by atoms with E-state index in [0.717, 1.165) is 18.1 Å². The molecule has 9 nitrogen and oxygen atoms in total. The lowest BCUT2D eigenvalue weighted by Gasteiger charge is -2.61. The van der Waals surface area contributed by atoms with Crippen LogP contribution < -0.4 is 0 Å². The van der Waals surface area contributed by atoms with Gasteiger partial charge in [-0.25, -0.2) is 0 Å². The van der Waals surface area contributed by atoms with Gasteiger partial charge < -0.3 is 14.9 Å². The smallest absolute Gasteiger partial charge is 0.310 e. The maximum Gasteiger partial charge on any atom is 0.310 e. The number of hydrogen-bond donors (Lipinski definition) is 2. The van der Waals surface area contributed by atoms with Crippen LogP contribution in [0.15, 0.2) is 36.4 Å². The highest BCUT2D eigenvalue weighted by molar-refractivity contribution is 6.32. The van der Waals surface area contributed by atoms with Gasteiger partial charge in [0.05, 0.1) is 17.9 Å². The van der Waals surface area contributed by atoms with Crippen molar-refractivity contribution in [1.82, 2.24) is 0 Å². The number of phenolic OH excluding ortho intramolecular Hbond substituents is 1. The van der Waals surface area contributed by atoms with Crippen LogP contribution in [0.3, 0.4) is 0 Å². The predicted octanol–water partition coefficient (Wildman–Crippen LogP) is 4.64. The van der Waals surface area contributed by atoms with Gasteiger partial charge in [-0.15, -0.1) is 0 Å². The minimum atomic E-state index is -2.74. The summed E-state index contributed by atoms with van der Waals surface area (Å²) in [6.45, 7) is 13.3. The lowest BCUT2D eigenvalue weighted by molar-refractivity contribution is -0.205. The van der Waals surface area contributed by atoms with Crippen LogP contribution in [0.1, 0.15) is 83.3 Å². The highest BCUT2D eigenvalue weighted by atomic mass is 16.6. The van der Waals surface area contributed by atoms with Gasteiger partial charge in [0.1, 0.15) is 23.1 Å². The number of benzene rings is 2. The molecule has 0 spiro atoms. The monoisotopic (exact) mass is 630 g/mol. The number of carbonyl (C=O) groups excluding carboxylic acids is 6. The molecule has 3 aliphatic carbocycles. The summed E-state index contributed by atoms with van der Waals surface area (Å²) < 4.78 is 5.42. The summed E-state index contributed by atoms with van der Waals surface area (Å²) in [5.41, 5.74) is -3.50. The molecule has 0 bridgehead atoms. The minimum absolute atomic E-state index is 0.0209. The van der Waals surface area contributed by atoms with E-state index >= 15 is 0 Å². The topological polar surface area (TPSA) is 152 Å². The normalized spacial score (nSPS) is 30.9. The van der Waals surface area contributed by atoms with E-state index in [1.807, 2.05) is 12.1 Å². The number of aliphatic hydroxyl groups is 1. The average molecular weight is 631 g/mol. The first-order valence-corrected chi connectivity index (χ1v) is 15.7. The summed E-state index contributed by atoms with van der Waals surface area (Å²) in [6, 6.07) is 10.3. The highest BCUT2D eigenvalue weighted by Crippen LogP contribution is 2.64. The van der Waals surface area contributed by atoms with Crippen LogP contribution >= 0.6 is 0 Å². The summed E-state index contributed by atoms with van der Waals surface area (Å²) in [5.74, 6) is -9.64. The van der Waals surface area contributed by atoms with Gasteiger partial charge in [0.2, 0.25) is 0 Å². The fourth-order valence-corrected chi connectivity index (χ4v) is 8.75. The average Bonchev–Trinajstić information content (AvgIpc) is 2.90. The van der Waals surface area contributed by atoms with Gasteiger partial charge in [-0.3, -0.25) is 28.8 Å². The molecule has 0 heterocycles. The molecule has 46 heavy (non-hydrogen) atoms. The van der Waals surface area contributed by atoms with Crippen LogP contribution in [0.2, 0.25) is 0 Å². The Morgan fingerprint density at radius 1 is 0.978 bits per heavy atom. The molecule has 2 saturated carbocycles. The van der Waals surface area contributed by atoms with Crippen molar-refractivity contribution in [3.8, 4) is 16.9 Å². The molecule has 0 radical (unpaired) electrons. The Hall–Kier alpha value is -3.98. The number of ether oxygens (including phenoxy) is 1. The molecular weight excluding hydrogens is 588 g/mol. The van der Waals surface area contributed by atoms with Crippen molar-refractivity contribution in [2.24, 2.45) is 34.5 Å². The van der Waals surface area contributed by atoms with Crippen molar-refractivity contribution in [3.63, 3.8) is 0 Å². The second-order valence-electron chi connectivity index (χ2n) is 15.3. The molecule has 3 aliphatic rings. The first-order chi connectivity index (χ1) is 21.2. The standard InChI is InChI=1S/C37H42O9/c1-18(2)28-30(41)26(19(3)38)32(43)37(45)33(44)29-31(42)27-23(16-35(29,7)17-36(28,37)8)22(13-14-24(27)39)21-11-9-20(10-12-21)15-25(40)46-34(4,5)6/h9-14,18,26,28-29,39,45H,15-17H2,1-8H3/t26?,28?,29?,35-,36-,37+/m1/s1. The third-order valence-corrected chi connectivity index (χ3v) is 10.3. The zero-order chi connectivity index (χ0) is 34.3. The summed E-state index contributed by atoms with van der Waals surface area (Å²) in [4.78, 5) is 81.2. The fourth-order valence-electron chi connectivity index (χ4n) is 8.75. The molecule has 2 aromatic rings. The zero-order valence-electron chi connectivity index (χ0n) is 27.6. The van der Waals surface area contributed by atoms with Gasteiger partial charge in [-0.2, -0.15) is 0 Å². The first-order valence-electron chi connectivity index (χ1n) is 15.7. The molecule has 3 unspecified atom stereocenters. The van der Waals surface area contributed by atoms with E-state index < -0.39 is 74.6 Å². The minimum Gasteiger partial charge on any atom is -0.507 e. The molecule has 2 aromatic carbocycles. The Balaban J connectivity index is 1.60. The van der Waals surface area contributed by atoms with Crippen molar-refractivity contribution in [1.29, 1.82) is 0 Å². The number of fused-ring (bicyclic) bond motifs is 3. The van der Waals surface area contributed by atoms with Crippen molar-refractivity contribution in [2.75, 3.05) is 0 Å². The van der Waals surface area contributed by atoms with E-state index in [1.54, 1.807) is 66.7 Å². The predicted molar refractivity (Wildman–Crippen MR) is 168 cm³/mol. The van der Waals surface area contributed by atoms with Crippen LogP contribution in [0.4, 0.5) is 0 Å². The van der Waals surface area contributed by atoms with E-state index in [2.05, 4.69) is 0 Å². The number of carbonyl (C=O) groups is 6. The Bertz CT molecular complexity index is 1690. The number of hydrogen-bond acceptors (Lipinski definition) is 9. The molecular formula is C37H42O9. The Morgan fingerprint density at radius 3 is 2.13 bits per heavy atom. The molecule has 6 atom stereocenters. The summed E-state index contributed by atoms with van der Waals surface area (Å²) in [7, 11) is 0. The molecule has 2 N–H and O–H groups in total. The molecule has 0 saturated heterocycles. The zero-order valence-corrected chi connectivity index (χ0v) is 27.6. The van der Waals surface area contributed by atoms with Crippen molar-refractivity contribution < 1.29 is 43.7 Å². The number of phenols is 1. The Labute approximate surface area is 268 Å². The maximum atomic E-state index is 14.4. The Kier molecular flexibility index (Phi) is 7.83. The van der Waals surface area contributed by atoms with E-state index in [-0.39, 0.29) is 36.5 Å². The van der Waals surface area contributed by atoms with Crippen LogP contribution in [0.5, 0.6) is 5.75 Å². The second-order valence-corrected chi connectivity index (χ2v) is 15.3. The molecule has 2 fully saturated rings. The fraction of sp³-hybridized carbons (Fsp3) is 0.514. The first kappa shape index (κ1) is 33.4. The van der Waals surface area contributed by atoms with E-state index in [9.17, 15) is 39.0 Å². The number of ketones is 5. The summed E-state index contributed by atoms with van der Waals surface area (Å²) in [6.07, 6.45) is 0.196. The van der Waals surface area contributed by atoms with Crippen LogP contribution in [-0.2, 0) is 41.6 Å². The number of Topliss-reactive ketones (excluding diaryl/α,β-unsaturated/α-hetero) is 5. The third kappa shape index (κ3) is 4.86. The van der Waals surface area contributed by atoms with Gasteiger partial charge in [0, 0.05) is 11.3 Å². The largest absolute Gasteiger partial charge is 0.507 e. The summed E-state index contributed by atoms with van der Waals surface area (Å²) in [5, 5.41) is 23.1. The quantitative estimate of drug-likeness (QED) is 0.355. The third-order valence-electron chi connectivity index (χ3n) is 10.3. The SMILES string of the molecule is CC(=O)C1C(=O)C(C(C)C)[C@@]2(C)C[C@@]3(C)Cc4c(-c5ccc(CC(=O)OC(C)(C)C)cc5)ccc(O)c4C(=O)C3C(=O)[C@@]2(O)C1=O. The summed E-state index contributed by atoms with van der Waals surface area (Å²) >= 11 is 0. The second kappa shape index (κ2) is 10.8. The van der Waals surface area contributed by atoms with E-state index in [4.69, 9.17) is 4.74 Å². The Morgan fingerprint density at radius 2 is 1.59 bits per heavy atom. The maximum absolute atomic E-state index is 14.4. The van der Waals surface area contributed by atoms with Crippen LogP contribution in [0, 0.1) is 34.5 Å². The molecule has 9 heteroatoms. The van der Waals surface area contributed by atoms with Crippen molar-refractivity contribution in [3.05, 3.63) is 53.1 Å². The van der Waals surface area contributed by atoms with Crippen molar-refractivity contribution in [2.45, 2.75) is 85.9 Å². The van der Waals surface area contributed by atoms with Gasteiger partial charge in [-0.1, -0.05) is 58.0 Å². The van der Waals surface area contributed by atoms with Gasteiger partial charge >= 0.3 is 5.97 Å². The van der Waals surface area contributed by atoms with E-state index in [1.165, 1.54) is 6.07 Å². The molecule has 0 amide bonds.